The van der Waals surface area contributed by atoms with E-state index >= 15 is 0 Å². The van der Waals surface area contributed by atoms with Crippen LogP contribution in [-0.4, -0.2) is 29.3 Å². The van der Waals surface area contributed by atoms with E-state index in [9.17, 15) is 17.7 Å². The first-order valence-electron chi connectivity index (χ1n) is 4.69. The van der Waals surface area contributed by atoms with Crippen LogP contribution in [0, 0.1) is 6.92 Å². The second kappa shape index (κ2) is 4.19. The molecule has 0 bridgehead atoms. The zero-order chi connectivity index (χ0) is 12.5. The van der Waals surface area contributed by atoms with Crippen molar-refractivity contribution in [2.45, 2.75) is 13.8 Å². The number of hydrogen-bond donors (Lipinski definition) is 0. The first kappa shape index (κ1) is 12.6. The van der Waals surface area contributed by atoms with E-state index in [1.807, 2.05) is 0 Å². The molecule has 0 atom stereocenters. The molecule has 1 heterocycles. The minimum absolute atomic E-state index is 0.0127. The van der Waals surface area contributed by atoms with Gasteiger partial charge in [-0.3, -0.25) is 4.68 Å². The number of ether oxygens (including phenoxy) is 1. The Kier molecular flexibility index (Phi) is 3.30. The third-order valence-electron chi connectivity index (χ3n) is 2.18. The highest BCUT2D eigenvalue weighted by molar-refractivity contribution is 6.75. The smallest absolute Gasteiger partial charge is 0.461 e. The van der Waals surface area contributed by atoms with Crippen molar-refractivity contribution >= 4 is 18.4 Å². The van der Waals surface area contributed by atoms with E-state index in [2.05, 4.69) is 9.84 Å². The predicted molar refractivity (Wildman–Crippen MR) is 52.6 cm³/mol. The van der Waals surface area contributed by atoms with E-state index in [4.69, 9.17) is 0 Å². The molecule has 0 amide bonds. The Morgan fingerprint density at radius 1 is 1.50 bits per heavy atom. The molecule has 90 valence electrons. The van der Waals surface area contributed by atoms with Crippen LogP contribution in [0.4, 0.5) is 12.9 Å². The highest BCUT2D eigenvalue weighted by Gasteiger charge is 2.36. The van der Waals surface area contributed by atoms with Gasteiger partial charge in [-0.05, 0) is 13.8 Å². The average molecular weight is 235 g/mol. The monoisotopic (exact) mass is 235 g/mol. The van der Waals surface area contributed by atoms with Crippen LogP contribution in [0.25, 0.3) is 0 Å². The van der Waals surface area contributed by atoms with Gasteiger partial charge in [-0.15, -0.1) is 0 Å². The molecule has 0 aliphatic carbocycles. The van der Waals surface area contributed by atoms with Crippen LogP contribution in [0.15, 0.2) is 0 Å². The van der Waals surface area contributed by atoms with Crippen LogP contribution >= 0.6 is 0 Å². The Morgan fingerprint density at radius 3 is 2.50 bits per heavy atom. The van der Waals surface area contributed by atoms with Crippen molar-refractivity contribution in [2.75, 3.05) is 6.61 Å². The van der Waals surface area contributed by atoms with Gasteiger partial charge in [0.25, 0.3) is 0 Å². The van der Waals surface area contributed by atoms with Crippen molar-refractivity contribution in [1.29, 1.82) is 0 Å². The van der Waals surface area contributed by atoms with Crippen molar-refractivity contribution < 1.29 is 22.5 Å². The molecule has 0 unspecified atom stereocenters. The van der Waals surface area contributed by atoms with E-state index < -0.39 is 24.1 Å². The minimum Gasteiger partial charge on any atom is -0.461 e. The third kappa shape index (κ3) is 2.20. The number of rotatable bonds is 3. The van der Waals surface area contributed by atoms with Crippen LogP contribution in [-0.2, 0) is 11.8 Å². The first-order valence-corrected chi connectivity index (χ1v) is 4.69. The van der Waals surface area contributed by atoms with Gasteiger partial charge in [0, 0.05) is 12.7 Å². The number of nitrogens with zero attached hydrogens (tertiary/aromatic N) is 2. The molecule has 4 nitrogen and oxygen atoms in total. The van der Waals surface area contributed by atoms with E-state index in [1.165, 1.54) is 20.9 Å². The van der Waals surface area contributed by atoms with E-state index in [0.717, 1.165) is 4.68 Å². The summed E-state index contributed by atoms with van der Waals surface area (Å²) in [5.41, 5.74) is -1.72. The topological polar surface area (TPSA) is 44.1 Å². The van der Waals surface area contributed by atoms with Crippen molar-refractivity contribution in [3.63, 3.8) is 0 Å². The molecule has 1 aromatic rings. The molecule has 16 heavy (non-hydrogen) atoms. The molecule has 0 N–H and O–H groups in total. The number of carbonyl (C=O) groups excluding carboxylic acids is 1. The summed E-state index contributed by atoms with van der Waals surface area (Å²) in [6, 6.07) is 0. The zero-order valence-corrected chi connectivity index (χ0v) is 9.13. The standard InChI is InChI=1S/C8H11BF3N2O2/c1-4-16-8(15)7-6(9(10,11)12)5(2)14(3)13-7/h4H2,1-3H3/q-1. The molecule has 0 fully saturated rings. The van der Waals surface area contributed by atoms with Crippen molar-refractivity contribution in [1.82, 2.24) is 9.78 Å². The fourth-order valence-electron chi connectivity index (χ4n) is 1.37. The molecule has 0 saturated heterocycles. The Balaban J connectivity index is 3.29. The summed E-state index contributed by atoms with van der Waals surface area (Å²) in [4.78, 5) is 11.3. The Labute approximate surface area is 90.4 Å². The van der Waals surface area contributed by atoms with Crippen molar-refractivity contribution in [3.8, 4) is 0 Å². The fraction of sp³-hybridized carbons (Fsp3) is 0.500. The Bertz CT molecular complexity index is 414. The number of esters is 1. The first-order chi connectivity index (χ1) is 7.29. The Hall–Kier alpha value is -1.47. The fourth-order valence-corrected chi connectivity index (χ4v) is 1.37. The summed E-state index contributed by atoms with van der Waals surface area (Å²) in [5.74, 6) is -1.04. The van der Waals surface area contributed by atoms with Gasteiger partial charge >= 0.3 is 12.9 Å². The molecule has 0 aliphatic heterocycles. The maximum absolute atomic E-state index is 12.7. The Morgan fingerprint density at radius 2 is 2.06 bits per heavy atom. The molecule has 0 radical (unpaired) electrons. The van der Waals surface area contributed by atoms with Gasteiger partial charge in [0.05, 0.1) is 6.61 Å². The van der Waals surface area contributed by atoms with Crippen LogP contribution in [0.5, 0.6) is 0 Å². The number of hydrogen-bond acceptors (Lipinski definition) is 3. The summed E-state index contributed by atoms with van der Waals surface area (Å²) in [6.07, 6.45) is 0. The minimum atomic E-state index is -5.27. The molecule has 1 aromatic heterocycles. The summed E-state index contributed by atoms with van der Waals surface area (Å²) >= 11 is 0. The maximum Gasteiger partial charge on any atom is 0.513 e. The summed E-state index contributed by atoms with van der Waals surface area (Å²) in [7, 11) is 1.35. The van der Waals surface area contributed by atoms with E-state index in [1.54, 1.807) is 0 Å². The average Bonchev–Trinajstić information content (AvgIpc) is 2.43. The normalized spacial score (nSPS) is 11.6. The lowest BCUT2D eigenvalue weighted by atomic mass is 9.78. The number of aromatic nitrogens is 2. The summed E-state index contributed by atoms with van der Waals surface area (Å²) in [5, 5.41) is 3.53. The quantitative estimate of drug-likeness (QED) is 0.578. The lowest BCUT2D eigenvalue weighted by Crippen LogP contribution is -2.39. The zero-order valence-electron chi connectivity index (χ0n) is 9.13. The van der Waals surface area contributed by atoms with E-state index in [-0.39, 0.29) is 12.3 Å². The van der Waals surface area contributed by atoms with Gasteiger partial charge in [0.15, 0.2) is 0 Å². The van der Waals surface area contributed by atoms with Crippen LogP contribution < -0.4 is 5.46 Å². The number of aryl methyl sites for hydroxylation is 1. The highest BCUT2D eigenvalue weighted by atomic mass is 19.4. The molecular weight excluding hydrogens is 224 g/mol. The SMILES string of the molecule is CCOC(=O)c1nn(C)c(C)c1[B-](F)(F)F. The van der Waals surface area contributed by atoms with Crippen molar-refractivity contribution in [3.05, 3.63) is 11.4 Å². The third-order valence-corrected chi connectivity index (χ3v) is 2.18. The van der Waals surface area contributed by atoms with Gasteiger partial charge in [0.2, 0.25) is 0 Å². The molecule has 8 heteroatoms. The lowest BCUT2D eigenvalue weighted by Gasteiger charge is -2.15. The number of carbonyl (C=O) groups is 1. The largest absolute Gasteiger partial charge is 0.513 e. The second-order valence-corrected chi connectivity index (χ2v) is 3.27. The highest BCUT2D eigenvalue weighted by Crippen LogP contribution is 2.15. The summed E-state index contributed by atoms with van der Waals surface area (Å²) < 4.78 is 43.7. The molecule has 0 saturated carbocycles. The number of halogens is 3. The second-order valence-electron chi connectivity index (χ2n) is 3.27. The van der Waals surface area contributed by atoms with Gasteiger partial charge in [-0.2, -0.15) is 5.10 Å². The molecular formula is C8H11BF3N2O2-. The van der Waals surface area contributed by atoms with Gasteiger partial charge < -0.3 is 17.7 Å². The van der Waals surface area contributed by atoms with Crippen LogP contribution in [0.1, 0.15) is 23.1 Å². The predicted octanol–water partition coefficient (Wildman–Crippen LogP) is 0.960. The molecule has 0 aliphatic rings. The lowest BCUT2D eigenvalue weighted by molar-refractivity contribution is 0.0519. The van der Waals surface area contributed by atoms with Crippen molar-refractivity contribution in [2.24, 2.45) is 7.05 Å². The van der Waals surface area contributed by atoms with Gasteiger partial charge in [0.1, 0.15) is 5.69 Å². The van der Waals surface area contributed by atoms with Gasteiger partial charge in [-0.1, -0.05) is 5.46 Å². The summed E-state index contributed by atoms with van der Waals surface area (Å²) in [6.45, 7) is -2.47. The molecule has 1 rings (SSSR count). The van der Waals surface area contributed by atoms with Crippen LogP contribution in [0.3, 0.4) is 0 Å². The molecule has 0 aromatic carbocycles. The van der Waals surface area contributed by atoms with E-state index in [0.29, 0.717) is 0 Å². The molecule has 0 spiro atoms. The van der Waals surface area contributed by atoms with Gasteiger partial charge in [-0.25, -0.2) is 4.79 Å². The van der Waals surface area contributed by atoms with Crippen LogP contribution in [0.2, 0.25) is 0 Å². The maximum atomic E-state index is 12.7.